The zero-order chi connectivity index (χ0) is 20.5. The Morgan fingerprint density at radius 3 is 2.57 bits per heavy atom. The number of aryl methyl sites for hydroxylation is 1. The van der Waals surface area contributed by atoms with Gasteiger partial charge >= 0.3 is 6.18 Å². The molecular weight excluding hydrogens is 373 g/mol. The van der Waals surface area contributed by atoms with Crippen LogP contribution in [0.15, 0.2) is 42.5 Å². The van der Waals surface area contributed by atoms with Crippen molar-refractivity contribution in [2.75, 3.05) is 5.32 Å². The number of alkyl halides is 3. The van der Waals surface area contributed by atoms with Gasteiger partial charge in [0.1, 0.15) is 5.52 Å². The number of benzene rings is 2. The first-order valence-corrected chi connectivity index (χ1v) is 8.59. The van der Waals surface area contributed by atoms with Crippen LogP contribution in [0.2, 0.25) is 0 Å². The topological polar surface area (TPSA) is 90.9 Å². The summed E-state index contributed by atoms with van der Waals surface area (Å²) in [4.78, 5) is 12.5. The number of amides is 1. The highest BCUT2D eigenvalue weighted by Crippen LogP contribution is 2.39. The van der Waals surface area contributed by atoms with Crippen LogP contribution in [-0.2, 0) is 4.79 Å². The van der Waals surface area contributed by atoms with Crippen molar-refractivity contribution in [1.82, 2.24) is 15.4 Å². The van der Waals surface area contributed by atoms with Gasteiger partial charge in [-0.1, -0.05) is 42.5 Å². The zero-order valence-electron chi connectivity index (χ0n) is 15.2. The molecule has 0 spiro atoms. The van der Waals surface area contributed by atoms with E-state index in [1.807, 2.05) is 0 Å². The third-order valence-electron chi connectivity index (χ3n) is 4.69. The Balaban J connectivity index is 1.88. The van der Waals surface area contributed by atoms with E-state index in [0.717, 1.165) is 0 Å². The molecule has 1 heterocycles. The van der Waals surface area contributed by atoms with Crippen molar-refractivity contribution in [1.29, 1.82) is 0 Å². The largest absolute Gasteiger partial charge is 0.426 e. The van der Waals surface area contributed by atoms with E-state index < -0.39 is 30.0 Å². The molecule has 2 atom stereocenters. The quantitative estimate of drug-likeness (QED) is 0.618. The zero-order valence-corrected chi connectivity index (χ0v) is 15.2. The third-order valence-corrected chi connectivity index (χ3v) is 4.69. The lowest BCUT2D eigenvalue weighted by Gasteiger charge is -2.31. The summed E-state index contributed by atoms with van der Waals surface area (Å²) >= 11 is 0. The molecule has 0 bridgehead atoms. The summed E-state index contributed by atoms with van der Waals surface area (Å²) in [6.45, 7) is 3.22. The molecule has 9 heteroatoms. The Kier molecular flexibility index (Phi) is 5.12. The molecule has 1 aromatic heterocycles. The molecule has 0 aliphatic carbocycles. The van der Waals surface area contributed by atoms with Crippen molar-refractivity contribution in [2.45, 2.75) is 38.0 Å². The Morgan fingerprint density at radius 1 is 1.25 bits per heavy atom. The van der Waals surface area contributed by atoms with Crippen LogP contribution < -0.4 is 5.32 Å². The number of halogens is 3. The van der Waals surface area contributed by atoms with Gasteiger partial charge in [-0.2, -0.15) is 13.2 Å². The van der Waals surface area contributed by atoms with Gasteiger partial charge in [0.25, 0.3) is 5.91 Å². The van der Waals surface area contributed by atoms with E-state index in [1.165, 1.54) is 19.1 Å². The van der Waals surface area contributed by atoms with Gasteiger partial charge in [-0.3, -0.25) is 9.89 Å². The van der Waals surface area contributed by atoms with Crippen molar-refractivity contribution >= 4 is 22.6 Å². The highest BCUT2D eigenvalue weighted by atomic mass is 19.4. The Hall–Kier alpha value is -2.94. The summed E-state index contributed by atoms with van der Waals surface area (Å²) < 4.78 is 41.0. The number of rotatable bonds is 5. The summed E-state index contributed by atoms with van der Waals surface area (Å²) in [5, 5.41) is 22.6. The maximum Gasteiger partial charge on any atom is 0.426 e. The van der Waals surface area contributed by atoms with Gasteiger partial charge in [-0.05, 0) is 36.1 Å². The lowest BCUT2D eigenvalue weighted by molar-refractivity contribution is -0.252. The average molecular weight is 392 g/mol. The second kappa shape index (κ2) is 7.23. The van der Waals surface area contributed by atoms with Crippen molar-refractivity contribution in [3.8, 4) is 0 Å². The monoisotopic (exact) mass is 392 g/mol. The number of hydrogen-bond acceptors (Lipinski definition) is 4. The van der Waals surface area contributed by atoms with E-state index in [9.17, 15) is 23.1 Å². The number of aromatic nitrogens is 3. The van der Waals surface area contributed by atoms with Gasteiger partial charge in [0, 0.05) is 12.1 Å². The lowest BCUT2D eigenvalue weighted by Crippen LogP contribution is -2.55. The molecule has 2 unspecified atom stereocenters. The summed E-state index contributed by atoms with van der Waals surface area (Å²) in [5.74, 6) is -2.23. The maximum absolute atomic E-state index is 13.7. The lowest BCUT2D eigenvalue weighted by atomic mass is 9.85. The normalized spacial score (nSPS) is 15.2. The number of carbonyl (C=O) groups is 1. The van der Waals surface area contributed by atoms with E-state index >= 15 is 0 Å². The summed E-state index contributed by atoms with van der Waals surface area (Å²) in [6, 6.07) is 11.3. The predicted octanol–water partition coefficient (Wildman–Crippen LogP) is 3.69. The molecule has 0 aliphatic heterocycles. The minimum atomic E-state index is -5.14. The van der Waals surface area contributed by atoms with E-state index in [-0.39, 0.29) is 5.69 Å². The first kappa shape index (κ1) is 19.8. The molecule has 0 fully saturated rings. The second-order valence-corrected chi connectivity index (χ2v) is 6.83. The van der Waals surface area contributed by atoms with E-state index in [0.29, 0.717) is 22.2 Å². The highest BCUT2D eigenvalue weighted by Gasteiger charge is 2.59. The molecule has 148 valence electrons. The van der Waals surface area contributed by atoms with E-state index in [2.05, 4.69) is 20.7 Å². The fraction of sp³-hybridized carbons (Fsp3) is 0.316. The van der Waals surface area contributed by atoms with Gasteiger partial charge in [0.05, 0.1) is 5.52 Å². The van der Waals surface area contributed by atoms with Crippen LogP contribution in [0.1, 0.15) is 30.4 Å². The number of aromatic amines is 1. The van der Waals surface area contributed by atoms with Crippen LogP contribution in [0.3, 0.4) is 0 Å². The number of carbonyl (C=O) groups excluding carboxylic acids is 1. The fourth-order valence-corrected chi connectivity index (χ4v) is 3.11. The van der Waals surface area contributed by atoms with Crippen molar-refractivity contribution in [3.63, 3.8) is 0 Å². The molecule has 0 saturated heterocycles. The van der Waals surface area contributed by atoms with E-state index in [4.69, 9.17) is 0 Å². The smallest absolute Gasteiger partial charge is 0.373 e. The number of fused-ring (bicyclic) bond motifs is 1. The maximum atomic E-state index is 13.7. The van der Waals surface area contributed by atoms with Crippen LogP contribution in [0.5, 0.6) is 0 Å². The molecule has 6 nitrogen and oxygen atoms in total. The Bertz CT molecular complexity index is 988. The Labute approximate surface area is 158 Å². The first-order chi connectivity index (χ1) is 13.1. The van der Waals surface area contributed by atoms with Crippen LogP contribution >= 0.6 is 0 Å². The molecule has 0 radical (unpaired) electrons. The molecule has 0 aliphatic rings. The summed E-state index contributed by atoms with van der Waals surface area (Å²) in [6.07, 6.45) is -5.95. The molecule has 3 N–H and O–H groups in total. The van der Waals surface area contributed by atoms with Gasteiger partial charge in [0.2, 0.25) is 5.60 Å². The second-order valence-electron chi connectivity index (χ2n) is 6.83. The molecule has 28 heavy (non-hydrogen) atoms. The third kappa shape index (κ3) is 3.70. The number of nitrogens with zero attached hydrogens (tertiary/aromatic N) is 2. The van der Waals surface area contributed by atoms with Gasteiger partial charge in [0.15, 0.2) is 0 Å². The van der Waals surface area contributed by atoms with Crippen molar-refractivity contribution in [2.24, 2.45) is 0 Å². The SMILES string of the molecule is Cc1cc(NC(=O)C(O)(CC(C)c2ccccc2)C(F)(F)F)cc2[nH]nnc12. The van der Waals surface area contributed by atoms with Gasteiger partial charge < -0.3 is 10.4 Å². The van der Waals surface area contributed by atoms with Crippen LogP contribution in [0.25, 0.3) is 11.0 Å². The average Bonchev–Trinajstić information content (AvgIpc) is 3.10. The molecule has 0 saturated carbocycles. The fourth-order valence-electron chi connectivity index (χ4n) is 3.11. The molecule has 2 aromatic carbocycles. The number of anilines is 1. The minimum Gasteiger partial charge on any atom is -0.373 e. The summed E-state index contributed by atoms with van der Waals surface area (Å²) in [7, 11) is 0. The molecule has 3 rings (SSSR count). The van der Waals surface area contributed by atoms with Gasteiger partial charge in [-0.15, -0.1) is 5.10 Å². The van der Waals surface area contributed by atoms with Crippen molar-refractivity contribution in [3.05, 3.63) is 53.6 Å². The summed E-state index contributed by atoms with van der Waals surface area (Å²) in [5.41, 5.74) is -1.22. The van der Waals surface area contributed by atoms with Gasteiger partial charge in [-0.25, -0.2) is 0 Å². The first-order valence-electron chi connectivity index (χ1n) is 8.59. The number of aliphatic hydroxyl groups is 1. The standard InChI is InChI=1S/C19H19F3N4O2/c1-11-8-14(9-15-16(11)25-26-24-15)23-17(27)18(28,19(20,21)22)10-12(2)13-6-4-3-5-7-13/h3-9,12,28H,10H2,1-2H3,(H,23,27)(H,24,25,26). The molecule has 1 amide bonds. The van der Waals surface area contributed by atoms with Crippen molar-refractivity contribution < 1.29 is 23.1 Å². The number of H-pyrrole nitrogens is 1. The number of nitrogens with one attached hydrogen (secondary N) is 2. The molecule has 3 aromatic rings. The van der Waals surface area contributed by atoms with Crippen LogP contribution in [0, 0.1) is 6.92 Å². The minimum absolute atomic E-state index is 0.107. The van der Waals surface area contributed by atoms with E-state index in [1.54, 1.807) is 37.3 Å². The highest BCUT2D eigenvalue weighted by molar-refractivity contribution is 5.99. The Morgan fingerprint density at radius 2 is 1.93 bits per heavy atom. The van der Waals surface area contributed by atoms with Crippen LogP contribution in [0.4, 0.5) is 18.9 Å². The number of hydrogen-bond donors (Lipinski definition) is 3. The molecular formula is C19H19F3N4O2. The van der Waals surface area contributed by atoms with Crippen LogP contribution in [-0.4, -0.2) is 38.2 Å². The predicted molar refractivity (Wildman–Crippen MR) is 97.7 cm³/mol.